The first-order valence-electron chi connectivity index (χ1n) is 9.62. The number of ether oxygens (including phenoxy) is 1. The molecule has 3 rings (SSSR count). The van der Waals surface area contributed by atoms with E-state index in [9.17, 15) is 9.59 Å². The van der Waals surface area contributed by atoms with Crippen LogP contribution in [0.25, 0.3) is 0 Å². The predicted molar refractivity (Wildman–Crippen MR) is 125 cm³/mol. The Balaban J connectivity index is 1.87. The van der Waals surface area contributed by atoms with Crippen LogP contribution in [0.2, 0.25) is 0 Å². The Hall–Kier alpha value is -4.86. The maximum atomic E-state index is 11.6. The number of nitrogens with zero attached hydrogens (tertiary/aromatic N) is 4. The number of methoxy groups -OCH3 is 1. The average Bonchev–Trinajstić information content (AvgIpc) is 2.82. The molecule has 33 heavy (non-hydrogen) atoms. The van der Waals surface area contributed by atoms with Crippen molar-refractivity contribution in [3.63, 3.8) is 0 Å². The minimum absolute atomic E-state index is 0.136. The molecule has 0 spiro atoms. The number of carboxylic acids is 1. The molecule has 0 saturated heterocycles. The van der Waals surface area contributed by atoms with Gasteiger partial charge in [0.2, 0.25) is 11.9 Å². The monoisotopic (exact) mass is 444 g/mol. The molecule has 2 aromatic carbocycles. The highest BCUT2D eigenvalue weighted by Crippen LogP contribution is 2.20. The molecule has 1 aromatic heterocycles. The van der Waals surface area contributed by atoms with Gasteiger partial charge in [-0.3, -0.25) is 0 Å². The lowest BCUT2D eigenvalue weighted by Gasteiger charge is -2.09. The zero-order valence-corrected chi connectivity index (χ0v) is 17.6. The molecule has 0 aliphatic heterocycles. The molecular weight excluding hydrogens is 424 g/mol. The molecule has 0 saturated carbocycles. The number of anilines is 4. The van der Waals surface area contributed by atoms with Crippen molar-refractivity contribution in [2.24, 2.45) is 4.99 Å². The molecule has 0 atom stereocenters. The lowest BCUT2D eigenvalue weighted by molar-refractivity contribution is 0.0600. The number of carbonyl (C=O) groups excluding carboxylic acids is 1. The number of aliphatic imine (C=N–C) groups is 1. The van der Waals surface area contributed by atoms with Gasteiger partial charge in [-0.25, -0.2) is 14.6 Å². The number of rotatable bonds is 9. The van der Waals surface area contributed by atoms with Gasteiger partial charge in [-0.05, 0) is 54.6 Å². The number of allylic oxidation sites excluding steroid dienone is 3. The van der Waals surface area contributed by atoms with Gasteiger partial charge in [-0.1, -0.05) is 18.7 Å². The summed E-state index contributed by atoms with van der Waals surface area (Å²) in [7, 11) is 1.31. The Morgan fingerprint density at radius 2 is 1.45 bits per heavy atom. The number of aromatic carboxylic acids is 1. The Bertz CT molecular complexity index is 1200. The zero-order chi connectivity index (χ0) is 23.6. The number of carboxylic acid groups (broad SMARTS) is 1. The van der Waals surface area contributed by atoms with Crippen LogP contribution in [-0.2, 0) is 4.74 Å². The Morgan fingerprint density at radius 1 is 0.909 bits per heavy atom. The fourth-order valence-corrected chi connectivity index (χ4v) is 2.53. The van der Waals surface area contributed by atoms with E-state index < -0.39 is 11.9 Å². The van der Waals surface area contributed by atoms with Crippen LogP contribution in [-0.4, -0.2) is 45.3 Å². The largest absolute Gasteiger partial charge is 0.478 e. The Labute approximate surface area is 189 Å². The fraction of sp³-hybridized carbons (Fsp3) is 0.0435. The molecule has 166 valence electrons. The van der Waals surface area contributed by atoms with Gasteiger partial charge >= 0.3 is 11.9 Å². The summed E-state index contributed by atoms with van der Waals surface area (Å²) in [4.78, 5) is 39.7. The number of nitrogens with one attached hydrogen (secondary N) is 2. The molecule has 0 unspecified atom stereocenters. The summed E-state index contributed by atoms with van der Waals surface area (Å²) < 4.78 is 4.70. The molecule has 3 N–H and O–H groups in total. The van der Waals surface area contributed by atoms with Crippen LogP contribution in [0.15, 0.2) is 78.3 Å². The molecule has 0 aliphatic rings. The molecule has 0 aliphatic carbocycles. The van der Waals surface area contributed by atoms with E-state index in [4.69, 9.17) is 9.84 Å². The van der Waals surface area contributed by atoms with Crippen molar-refractivity contribution < 1.29 is 19.4 Å². The van der Waals surface area contributed by atoms with Crippen LogP contribution in [0.3, 0.4) is 0 Å². The van der Waals surface area contributed by atoms with Crippen molar-refractivity contribution >= 4 is 47.4 Å². The van der Waals surface area contributed by atoms with E-state index in [0.717, 1.165) is 0 Å². The molecule has 0 fully saturated rings. The first-order valence-corrected chi connectivity index (χ1v) is 9.62. The number of carbonyl (C=O) groups is 2. The van der Waals surface area contributed by atoms with Crippen LogP contribution >= 0.6 is 0 Å². The van der Waals surface area contributed by atoms with Gasteiger partial charge in [0.05, 0.1) is 18.2 Å². The van der Waals surface area contributed by atoms with Gasteiger partial charge in [-0.15, -0.1) is 0 Å². The fourth-order valence-electron chi connectivity index (χ4n) is 2.53. The standard InChI is InChI=1S/C23H20N6O4/c1-3-4-5-14-24-21-27-22(25-17-10-6-15(7-11-17)19(30)31)29-23(28-21)26-18-12-8-16(9-13-18)20(32)33-2/h3-14H,1H2,2H3,(H,30,31)(H2,25,26,27,28,29)/b5-4-,24-14+. The minimum Gasteiger partial charge on any atom is -0.478 e. The zero-order valence-electron chi connectivity index (χ0n) is 17.6. The highest BCUT2D eigenvalue weighted by atomic mass is 16.5. The molecule has 10 nitrogen and oxygen atoms in total. The number of aromatic nitrogens is 3. The second-order valence-corrected chi connectivity index (χ2v) is 6.38. The van der Waals surface area contributed by atoms with Crippen LogP contribution in [0.1, 0.15) is 20.7 Å². The average molecular weight is 444 g/mol. The quantitative estimate of drug-likeness (QED) is 0.250. The van der Waals surface area contributed by atoms with Crippen molar-refractivity contribution in [2.75, 3.05) is 17.7 Å². The summed E-state index contributed by atoms with van der Waals surface area (Å²) in [6, 6.07) is 12.7. The third-order valence-electron chi connectivity index (χ3n) is 4.10. The summed E-state index contributed by atoms with van der Waals surface area (Å²) in [5, 5.41) is 15.1. The molecule has 0 radical (unpaired) electrons. The lowest BCUT2D eigenvalue weighted by Crippen LogP contribution is -2.05. The van der Waals surface area contributed by atoms with Gasteiger partial charge in [-0.2, -0.15) is 15.0 Å². The van der Waals surface area contributed by atoms with E-state index in [1.54, 1.807) is 54.6 Å². The van der Waals surface area contributed by atoms with Gasteiger partial charge < -0.3 is 20.5 Å². The smallest absolute Gasteiger partial charge is 0.337 e. The molecule has 0 bridgehead atoms. The van der Waals surface area contributed by atoms with E-state index in [0.29, 0.717) is 16.9 Å². The minimum atomic E-state index is -1.02. The van der Waals surface area contributed by atoms with E-state index >= 15 is 0 Å². The van der Waals surface area contributed by atoms with Crippen molar-refractivity contribution in [3.05, 3.63) is 84.5 Å². The molecule has 3 aromatic rings. The van der Waals surface area contributed by atoms with Crippen LogP contribution in [0, 0.1) is 0 Å². The summed E-state index contributed by atoms with van der Waals surface area (Å²) in [5.41, 5.74) is 1.78. The summed E-state index contributed by atoms with van der Waals surface area (Å²) >= 11 is 0. The highest BCUT2D eigenvalue weighted by Gasteiger charge is 2.09. The molecule has 0 amide bonds. The first-order chi connectivity index (χ1) is 16.0. The maximum Gasteiger partial charge on any atom is 0.337 e. The molecule has 1 heterocycles. The van der Waals surface area contributed by atoms with E-state index in [-0.39, 0.29) is 23.4 Å². The Kier molecular flexibility index (Phi) is 7.58. The van der Waals surface area contributed by atoms with Gasteiger partial charge in [0, 0.05) is 17.6 Å². The van der Waals surface area contributed by atoms with Gasteiger partial charge in [0.1, 0.15) is 0 Å². The summed E-state index contributed by atoms with van der Waals surface area (Å²) in [6.07, 6.45) is 6.50. The van der Waals surface area contributed by atoms with Crippen LogP contribution in [0.4, 0.5) is 29.2 Å². The lowest BCUT2D eigenvalue weighted by atomic mass is 10.2. The number of esters is 1. The maximum absolute atomic E-state index is 11.6. The molecular formula is C23H20N6O4. The van der Waals surface area contributed by atoms with Crippen molar-refractivity contribution in [1.82, 2.24) is 15.0 Å². The van der Waals surface area contributed by atoms with Gasteiger partial charge in [0.15, 0.2) is 0 Å². The van der Waals surface area contributed by atoms with Crippen LogP contribution < -0.4 is 10.6 Å². The number of hydrogen-bond acceptors (Lipinski definition) is 9. The third kappa shape index (κ3) is 6.56. The summed E-state index contributed by atoms with van der Waals surface area (Å²) in [5.74, 6) is -0.916. The predicted octanol–water partition coefficient (Wildman–Crippen LogP) is 4.29. The van der Waals surface area contributed by atoms with E-state index in [1.165, 1.54) is 25.5 Å². The Morgan fingerprint density at radius 3 is 1.94 bits per heavy atom. The highest BCUT2D eigenvalue weighted by molar-refractivity contribution is 5.90. The second kappa shape index (κ2) is 11.0. The number of benzene rings is 2. The summed E-state index contributed by atoms with van der Waals surface area (Å²) in [6.45, 7) is 3.59. The first kappa shape index (κ1) is 22.8. The molecule has 10 heteroatoms. The van der Waals surface area contributed by atoms with Crippen molar-refractivity contribution in [2.45, 2.75) is 0 Å². The topological polar surface area (TPSA) is 139 Å². The SMILES string of the molecule is C=C/C=C\C=N\c1nc(Nc2ccc(C(=O)O)cc2)nc(Nc2ccc(C(=O)OC)cc2)n1. The second-order valence-electron chi connectivity index (χ2n) is 6.38. The third-order valence-corrected chi connectivity index (χ3v) is 4.10. The van der Waals surface area contributed by atoms with Crippen LogP contribution in [0.5, 0.6) is 0 Å². The van der Waals surface area contributed by atoms with E-state index in [1.807, 2.05) is 0 Å². The van der Waals surface area contributed by atoms with Gasteiger partial charge in [0.25, 0.3) is 5.95 Å². The number of hydrogen-bond donors (Lipinski definition) is 3. The van der Waals surface area contributed by atoms with Crippen molar-refractivity contribution in [1.29, 1.82) is 0 Å². The van der Waals surface area contributed by atoms with E-state index in [2.05, 4.69) is 37.2 Å². The normalized spacial score (nSPS) is 10.8. The van der Waals surface area contributed by atoms with Crippen molar-refractivity contribution in [3.8, 4) is 0 Å².